The smallest absolute Gasteiger partial charge is 0.284 e. The van der Waals surface area contributed by atoms with Crippen LogP contribution in [0.25, 0.3) is 0 Å². The summed E-state index contributed by atoms with van der Waals surface area (Å²) in [5.74, 6) is -0.710. The molecule has 0 spiro atoms. The number of para-hydroxylation sites is 1. The molecule has 0 aromatic heterocycles. The molecule has 31 heavy (non-hydrogen) atoms. The van der Waals surface area contributed by atoms with Crippen LogP contribution in [0.1, 0.15) is 18.9 Å². The number of thioether (sulfide) groups is 1. The van der Waals surface area contributed by atoms with Crippen molar-refractivity contribution >= 4 is 44.5 Å². The molecule has 1 fully saturated rings. The lowest BCUT2D eigenvalue weighted by molar-refractivity contribution is -0.127. The van der Waals surface area contributed by atoms with Gasteiger partial charge in [-0.15, -0.1) is 11.0 Å². The highest BCUT2D eigenvalue weighted by atomic mass is 32.2. The number of carbonyl (C=O) groups excluding carboxylic acids is 2. The van der Waals surface area contributed by atoms with Crippen LogP contribution in [0.3, 0.4) is 0 Å². The predicted octanol–water partition coefficient (Wildman–Crippen LogP) is 3.45. The van der Waals surface area contributed by atoms with Crippen LogP contribution < -0.4 is 5.32 Å². The third-order valence-corrected chi connectivity index (χ3v) is 7.16. The molecule has 0 aliphatic carbocycles. The molecule has 0 radical (unpaired) electrons. The first-order valence-electron chi connectivity index (χ1n) is 9.71. The average molecular weight is 458 g/mol. The highest BCUT2D eigenvalue weighted by Gasteiger charge is 2.39. The van der Waals surface area contributed by atoms with Crippen LogP contribution in [-0.2, 0) is 26.0 Å². The Hall–Kier alpha value is -2.91. The van der Waals surface area contributed by atoms with Crippen LogP contribution in [0.5, 0.6) is 0 Å². The van der Waals surface area contributed by atoms with Gasteiger partial charge in [-0.2, -0.15) is 8.42 Å². The van der Waals surface area contributed by atoms with Crippen molar-refractivity contribution in [1.82, 2.24) is 4.90 Å². The number of carbonyl (C=O) groups is 2. The van der Waals surface area contributed by atoms with Crippen LogP contribution in [0.15, 0.2) is 76.5 Å². The summed E-state index contributed by atoms with van der Waals surface area (Å²) < 4.78 is 29.4. The Bertz CT molecular complexity index is 1100. The minimum atomic E-state index is -4.01. The number of benzene rings is 2. The van der Waals surface area contributed by atoms with Gasteiger partial charge in [0.25, 0.3) is 10.0 Å². The molecular formula is C22H23N3O4S2. The maximum Gasteiger partial charge on any atom is 0.284 e. The van der Waals surface area contributed by atoms with E-state index >= 15 is 0 Å². The van der Waals surface area contributed by atoms with Gasteiger partial charge in [0.2, 0.25) is 11.8 Å². The molecule has 1 N–H and O–H groups in total. The normalized spacial score (nSPS) is 17.7. The topological polar surface area (TPSA) is 95.9 Å². The molecule has 2 aromatic carbocycles. The van der Waals surface area contributed by atoms with Gasteiger partial charge >= 0.3 is 0 Å². The number of anilines is 1. The fourth-order valence-corrected chi connectivity index (χ4v) is 5.33. The van der Waals surface area contributed by atoms with Gasteiger partial charge in [0.1, 0.15) is 5.25 Å². The summed E-state index contributed by atoms with van der Waals surface area (Å²) in [4.78, 5) is 26.5. The van der Waals surface area contributed by atoms with Crippen molar-refractivity contribution in [2.24, 2.45) is 4.40 Å². The van der Waals surface area contributed by atoms with Crippen molar-refractivity contribution in [3.63, 3.8) is 0 Å². The molecule has 1 heterocycles. The van der Waals surface area contributed by atoms with E-state index in [9.17, 15) is 18.0 Å². The highest BCUT2D eigenvalue weighted by molar-refractivity contribution is 8.16. The maximum atomic E-state index is 12.8. The van der Waals surface area contributed by atoms with Gasteiger partial charge in [-0.05, 0) is 36.2 Å². The Kier molecular flexibility index (Phi) is 7.29. The number of amidine groups is 1. The van der Waals surface area contributed by atoms with Gasteiger partial charge in [-0.1, -0.05) is 55.1 Å². The summed E-state index contributed by atoms with van der Waals surface area (Å²) in [5, 5.41) is 2.01. The molecule has 1 saturated heterocycles. The second-order valence-corrected chi connectivity index (χ2v) is 9.58. The van der Waals surface area contributed by atoms with E-state index in [4.69, 9.17) is 0 Å². The summed E-state index contributed by atoms with van der Waals surface area (Å²) >= 11 is 0.974. The van der Waals surface area contributed by atoms with E-state index in [-0.39, 0.29) is 34.8 Å². The van der Waals surface area contributed by atoms with E-state index in [1.54, 1.807) is 36.4 Å². The molecular weight excluding hydrogens is 434 g/mol. The number of aryl methyl sites for hydroxylation is 1. The number of sulfonamides is 1. The SMILES string of the molecule is C=CCN1C(=O)[C@@H](CC(=O)Nc2ccccc2)SC1=NS(=O)(=O)c1ccc(CC)cc1. The van der Waals surface area contributed by atoms with Crippen LogP contribution in [0.4, 0.5) is 5.69 Å². The first kappa shape index (κ1) is 22.8. The Morgan fingerprint density at radius 3 is 2.48 bits per heavy atom. The van der Waals surface area contributed by atoms with Gasteiger partial charge < -0.3 is 5.32 Å². The van der Waals surface area contributed by atoms with Gasteiger partial charge in [0.15, 0.2) is 5.17 Å². The molecule has 1 aliphatic rings. The van der Waals surface area contributed by atoms with Crippen LogP contribution in [0.2, 0.25) is 0 Å². The number of amides is 2. The fourth-order valence-electron chi connectivity index (χ4n) is 2.96. The Morgan fingerprint density at radius 2 is 1.87 bits per heavy atom. The van der Waals surface area contributed by atoms with Gasteiger partial charge in [-0.25, -0.2) is 0 Å². The van der Waals surface area contributed by atoms with Crippen LogP contribution in [-0.4, -0.2) is 42.1 Å². The third-order valence-electron chi connectivity index (χ3n) is 4.59. The van der Waals surface area contributed by atoms with E-state index in [2.05, 4.69) is 16.3 Å². The number of hydrogen-bond acceptors (Lipinski definition) is 5. The molecule has 7 nitrogen and oxygen atoms in total. The first-order valence-corrected chi connectivity index (χ1v) is 12.0. The summed E-state index contributed by atoms with van der Waals surface area (Å²) in [6.45, 7) is 5.70. The monoisotopic (exact) mass is 457 g/mol. The largest absolute Gasteiger partial charge is 0.326 e. The number of rotatable bonds is 8. The standard InChI is InChI=1S/C22H23N3O4S2/c1-3-14-25-21(27)19(15-20(26)23-17-8-6-5-7-9-17)30-22(25)24-31(28,29)18-12-10-16(4-2)11-13-18/h3,5-13,19H,1,4,14-15H2,2H3,(H,23,26)/t19-/m1/s1. The Labute approximate surface area is 186 Å². The zero-order valence-corrected chi connectivity index (χ0v) is 18.7. The Balaban J connectivity index is 1.79. The maximum absolute atomic E-state index is 12.8. The minimum absolute atomic E-state index is 0.0435. The molecule has 3 rings (SSSR count). The van der Waals surface area contributed by atoms with E-state index in [0.717, 1.165) is 23.7 Å². The van der Waals surface area contributed by atoms with E-state index in [0.29, 0.717) is 5.69 Å². The summed E-state index contributed by atoms with van der Waals surface area (Å²) in [5.41, 5.74) is 1.63. The van der Waals surface area contributed by atoms with E-state index < -0.39 is 15.3 Å². The fraction of sp³-hybridized carbons (Fsp3) is 0.227. The lowest BCUT2D eigenvalue weighted by Gasteiger charge is -2.13. The molecule has 162 valence electrons. The molecule has 1 atom stereocenters. The second-order valence-electron chi connectivity index (χ2n) is 6.81. The zero-order chi connectivity index (χ0) is 22.4. The summed E-state index contributed by atoms with van der Waals surface area (Å²) in [6.07, 6.45) is 2.18. The van der Waals surface area contributed by atoms with Crippen molar-refractivity contribution in [3.8, 4) is 0 Å². The lowest BCUT2D eigenvalue weighted by atomic mass is 10.2. The first-order chi connectivity index (χ1) is 14.8. The van der Waals surface area contributed by atoms with Gasteiger partial charge in [0.05, 0.1) is 4.90 Å². The van der Waals surface area contributed by atoms with E-state index in [1.807, 2.05) is 13.0 Å². The third kappa shape index (κ3) is 5.62. The summed E-state index contributed by atoms with van der Waals surface area (Å²) in [6, 6.07) is 15.4. The molecule has 0 unspecified atom stereocenters. The molecule has 0 bridgehead atoms. The Morgan fingerprint density at radius 1 is 1.19 bits per heavy atom. The van der Waals surface area contributed by atoms with E-state index in [1.165, 1.54) is 23.1 Å². The molecule has 1 aliphatic heterocycles. The van der Waals surface area contributed by atoms with Crippen LogP contribution >= 0.6 is 11.8 Å². The van der Waals surface area contributed by atoms with Crippen molar-refractivity contribution in [3.05, 3.63) is 72.8 Å². The molecule has 2 amide bonds. The van der Waals surface area contributed by atoms with Crippen LogP contribution in [0, 0.1) is 0 Å². The molecule has 0 saturated carbocycles. The quantitative estimate of drug-likeness (QED) is 0.613. The number of nitrogens with one attached hydrogen (secondary N) is 1. The minimum Gasteiger partial charge on any atom is -0.326 e. The molecule has 2 aromatic rings. The van der Waals surface area contributed by atoms with Gasteiger partial charge in [0, 0.05) is 18.7 Å². The highest BCUT2D eigenvalue weighted by Crippen LogP contribution is 2.31. The van der Waals surface area contributed by atoms with Crippen molar-refractivity contribution in [2.75, 3.05) is 11.9 Å². The number of hydrogen-bond donors (Lipinski definition) is 1. The average Bonchev–Trinajstić information content (AvgIpc) is 3.03. The van der Waals surface area contributed by atoms with Gasteiger partial charge in [-0.3, -0.25) is 14.5 Å². The summed E-state index contributed by atoms with van der Waals surface area (Å²) in [7, 11) is -4.01. The second kappa shape index (κ2) is 9.93. The van der Waals surface area contributed by atoms with Crippen molar-refractivity contribution in [1.29, 1.82) is 0 Å². The number of nitrogens with zero attached hydrogens (tertiary/aromatic N) is 2. The van der Waals surface area contributed by atoms with Crippen molar-refractivity contribution in [2.45, 2.75) is 29.9 Å². The van der Waals surface area contributed by atoms with Crippen molar-refractivity contribution < 1.29 is 18.0 Å². The zero-order valence-electron chi connectivity index (χ0n) is 17.0. The predicted molar refractivity (Wildman–Crippen MR) is 123 cm³/mol. The lowest BCUT2D eigenvalue weighted by Crippen LogP contribution is -2.33. The molecule has 9 heteroatoms.